The molecule has 0 aromatic carbocycles. The van der Waals surface area contributed by atoms with E-state index in [1.165, 1.54) is 34.9 Å². The van der Waals surface area contributed by atoms with Crippen LogP contribution in [0.2, 0.25) is 0 Å². The van der Waals surface area contributed by atoms with Crippen molar-refractivity contribution in [3.63, 3.8) is 0 Å². The van der Waals surface area contributed by atoms with Crippen LogP contribution >= 0.6 is 106 Å². The lowest BCUT2D eigenvalue weighted by Crippen LogP contribution is -2.29. The van der Waals surface area contributed by atoms with E-state index in [9.17, 15) is 0 Å². The van der Waals surface area contributed by atoms with Gasteiger partial charge in [0.1, 0.15) is 5.44 Å². The third kappa shape index (κ3) is 3.69. The second-order valence-corrected chi connectivity index (χ2v) is 16.5. The Labute approximate surface area is 174 Å². The van der Waals surface area contributed by atoms with E-state index in [1.807, 2.05) is 70.6 Å². The molecule has 23 heavy (non-hydrogen) atoms. The van der Waals surface area contributed by atoms with Crippen molar-refractivity contribution in [3.8, 4) is 0 Å². The topological polar surface area (TPSA) is 9.23 Å². The standard InChI is InChI=1S/C13H12OS9/c1-3-15-8-9(16-4-1)21-12(20-8)13-22-10-11(23-13)19-7-6(18-10)14-2-5-17-7/h6-7H,1-5H2. The van der Waals surface area contributed by atoms with Crippen molar-refractivity contribution in [1.82, 2.24) is 0 Å². The smallest absolute Gasteiger partial charge is 0.129 e. The molecule has 0 aromatic heterocycles. The number of rotatable bonds is 0. The van der Waals surface area contributed by atoms with Gasteiger partial charge in [-0.3, -0.25) is 0 Å². The summed E-state index contributed by atoms with van der Waals surface area (Å²) < 4.78 is 15.7. The maximum absolute atomic E-state index is 5.96. The molecule has 124 valence electrons. The molecule has 1 saturated heterocycles. The van der Waals surface area contributed by atoms with E-state index in [0.717, 1.165) is 12.4 Å². The Balaban J connectivity index is 1.32. The highest BCUT2D eigenvalue weighted by Crippen LogP contribution is 2.69. The van der Waals surface area contributed by atoms with Gasteiger partial charge in [-0.1, -0.05) is 70.6 Å². The molecule has 1 fully saturated rings. The Morgan fingerprint density at radius 3 is 2.09 bits per heavy atom. The summed E-state index contributed by atoms with van der Waals surface area (Å²) in [5.74, 6) is 3.70. The second kappa shape index (κ2) is 7.75. The first kappa shape index (κ1) is 17.4. The SMILES string of the molecule is C1CSC2=C(SC1)SC(=C1SC3=C(S1)SC1SCCOC1S3)S2. The van der Waals surface area contributed by atoms with Crippen LogP contribution in [-0.2, 0) is 4.74 Å². The first-order valence-corrected chi connectivity index (χ1v) is 15.2. The molecule has 10 heteroatoms. The van der Waals surface area contributed by atoms with E-state index in [2.05, 4.69) is 35.3 Å². The normalized spacial score (nSPS) is 34.4. The highest BCUT2D eigenvalue weighted by molar-refractivity contribution is 8.46. The van der Waals surface area contributed by atoms with E-state index in [0.29, 0.717) is 10.0 Å². The minimum atomic E-state index is 0.347. The lowest BCUT2D eigenvalue weighted by Gasteiger charge is -2.33. The molecule has 0 saturated carbocycles. The quantitative estimate of drug-likeness (QED) is 0.359. The predicted molar refractivity (Wildman–Crippen MR) is 122 cm³/mol. The molecule has 2 atom stereocenters. The zero-order valence-corrected chi connectivity index (χ0v) is 19.1. The molecule has 2 unspecified atom stereocenters. The summed E-state index contributed by atoms with van der Waals surface area (Å²) in [6.07, 6.45) is 1.34. The highest BCUT2D eigenvalue weighted by Gasteiger charge is 2.40. The number of hydrogen-bond acceptors (Lipinski definition) is 10. The molecular weight excluding hydrogens is 461 g/mol. The van der Waals surface area contributed by atoms with Gasteiger partial charge in [0.05, 0.1) is 36.6 Å². The van der Waals surface area contributed by atoms with Gasteiger partial charge in [-0.15, -0.1) is 35.3 Å². The van der Waals surface area contributed by atoms with Crippen LogP contribution in [-0.4, -0.2) is 33.9 Å². The fourth-order valence-electron chi connectivity index (χ4n) is 2.30. The zero-order valence-electron chi connectivity index (χ0n) is 11.8. The van der Waals surface area contributed by atoms with Crippen molar-refractivity contribution >= 4 is 106 Å². The Bertz CT molecular complexity index is 577. The van der Waals surface area contributed by atoms with Gasteiger partial charge in [-0.2, -0.15) is 0 Å². The summed E-state index contributed by atoms with van der Waals surface area (Å²) in [5.41, 5.74) is 0.347. The Morgan fingerprint density at radius 2 is 1.35 bits per heavy atom. The average Bonchev–Trinajstić information content (AvgIpc) is 3.10. The van der Waals surface area contributed by atoms with Crippen molar-refractivity contribution in [2.24, 2.45) is 0 Å². The number of hydrogen-bond donors (Lipinski definition) is 0. The highest BCUT2D eigenvalue weighted by atomic mass is 32.3. The van der Waals surface area contributed by atoms with Gasteiger partial charge in [0.25, 0.3) is 0 Å². The van der Waals surface area contributed by atoms with Crippen molar-refractivity contribution in [2.75, 3.05) is 23.9 Å². The fraction of sp³-hybridized carbons (Fsp3) is 0.538. The Morgan fingerprint density at radius 1 is 0.696 bits per heavy atom. The summed E-state index contributed by atoms with van der Waals surface area (Å²) in [4.78, 5) is 0. The Hall–Kier alpha value is 2.33. The first-order chi connectivity index (χ1) is 11.4. The third-order valence-corrected chi connectivity index (χ3v) is 17.2. The molecule has 5 aliphatic rings. The van der Waals surface area contributed by atoms with Gasteiger partial charge >= 0.3 is 0 Å². The number of fused-ring (bicyclic) bond motifs is 1. The summed E-state index contributed by atoms with van der Waals surface area (Å²) in [7, 11) is 0. The van der Waals surface area contributed by atoms with E-state index < -0.39 is 0 Å². The van der Waals surface area contributed by atoms with Gasteiger partial charge in [0.15, 0.2) is 0 Å². The van der Waals surface area contributed by atoms with Gasteiger partial charge < -0.3 is 4.74 Å². The summed E-state index contributed by atoms with van der Waals surface area (Å²) in [6.45, 7) is 0.907. The molecule has 0 bridgehead atoms. The van der Waals surface area contributed by atoms with E-state index in [4.69, 9.17) is 4.74 Å². The van der Waals surface area contributed by atoms with Gasteiger partial charge in [0, 0.05) is 5.75 Å². The summed E-state index contributed by atoms with van der Waals surface area (Å²) in [6, 6.07) is 0. The van der Waals surface area contributed by atoms with Crippen LogP contribution < -0.4 is 0 Å². The lowest BCUT2D eigenvalue weighted by molar-refractivity contribution is 0.131. The van der Waals surface area contributed by atoms with Crippen LogP contribution in [0, 0.1) is 0 Å². The predicted octanol–water partition coefficient (Wildman–Crippen LogP) is 7.09. The van der Waals surface area contributed by atoms with Crippen molar-refractivity contribution < 1.29 is 4.74 Å². The third-order valence-electron chi connectivity index (χ3n) is 3.31. The molecular formula is C13H12OS9. The lowest BCUT2D eigenvalue weighted by atomic mass is 10.6. The zero-order chi connectivity index (χ0) is 15.2. The summed E-state index contributed by atoms with van der Waals surface area (Å²) in [5, 5.41) is 0. The monoisotopic (exact) mass is 472 g/mol. The molecule has 0 amide bonds. The second-order valence-electron chi connectivity index (χ2n) is 4.90. The van der Waals surface area contributed by atoms with Crippen LogP contribution in [0.4, 0.5) is 0 Å². The first-order valence-electron chi connectivity index (χ1n) is 7.13. The minimum absolute atomic E-state index is 0.347. The van der Waals surface area contributed by atoms with Crippen molar-refractivity contribution in [3.05, 3.63) is 25.4 Å². The molecule has 0 N–H and O–H groups in total. The maximum atomic E-state index is 5.96. The number of thioether (sulfide) groups is 9. The van der Waals surface area contributed by atoms with E-state index >= 15 is 0 Å². The van der Waals surface area contributed by atoms with Crippen molar-refractivity contribution in [1.29, 1.82) is 0 Å². The maximum Gasteiger partial charge on any atom is 0.129 e. The van der Waals surface area contributed by atoms with Crippen molar-refractivity contribution in [2.45, 2.75) is 16.4 Å². The van der Waals surface area contributed by atoms with Crippen LogP contribution in [0.3, 0.4) is 0 Å². The molecule has 5 aliphatic heterocycles. The average molecular weight is 473 g/mol. The van der Waals surface area contributed by atoms with Gasteiger partial charge in [-0.05, 0) is 17.9 Å². The molecule has 0 aromatic rings. The largest absolute Gasteiger partial charge is 0.364 e. The van der Waals surface area contributed by atoms with E-state index in [1.54, 1.807) is 8.47 Å². The molecule has 0 aliphatic carbocycles. The Kier molecular flexibility index (Phi) is 5.88. The molecule has 5 heterocycles. The van der Waals surface area contributed by atoms with Gasteiger partial charge in [0.2, 0.25) is 0 Å². The number of ether oxygens (including phenoxy) is 1. The van der Waals surface area contributed by atoms with Gasteiger partial charge in [-0.25, -0.2) is 0 Å². The van der Waals surface area contributed by atoms with Crippen LogP contribution in [0.1, 0.15) is 6.42 Å². The van der Waals surface area contributed by atoms with E-state index in [-0.39, 0.29) is 0 Å². The fourth-order valence-corrected chi connectivity index (χ4v) is 16.7. The molecule has 1 nitrogen and oxygen atoms in total. The minimum Gasteiger partial charge on any atom is -0.364 e. The molecule has 0 radical (unpaired) electrons. The van der Waals surface area contributed by atoms with Crippen LogP contribution in [0.15, 0.2) is 25.4 Å². The molecule has 5 rings (SSSR count). The van der Waals surface area contributed by atoms with Crippen LogP contribution in [0.25, 0.3) is 0 Å². The molecule has 0 spiro atoms. The summed E-state index contributed by atoms with van der Waals surface area (Å²) >= 11 is 18.2. The van der Waals surface area contributed by atoms with Crippen LogP contribution in [0.5, 0.6) is 0 Å².